The third-order valence-electron chi connectivity index (χ3n) is 3.16. The van der Waals surface area contributed by atoms with Gasteiger partial charge in [-0.3, -0.25) is 4.79 Å². The predicted octanol–water partition coefficient (Wildman–Crippen LogP) is 0.104. The lowest BCUT2D eigenvalue weighted by molar-refractivity contribution is 0.0674. The molecular weight excluding hydrogens is 234 g/mol. The number of nitrogens with zero attached hydrogens (tertiary/aromatic N) is 2. The van der Waals surface area contributed by atoms with E-state index in [1.54, 1.807) is 25.5 Å². The van der Waals surface area contributed by atoms with Gasteiger partial charge >= 0.3 is 0 Å². The van der Waals surface area contributed by atoms with Crippen molar-refractivity contribution in [3.05, 3.63) is 28.9 Å². The van der Waals surface area contributed by atoms with Crippen molar-refractivity contribution >= 4 is 11.0 Å². The molecule has 0 saturated carbocycles. The Balaban J connectivity index is 2.13. The van der Waals surface area contributed by atoms with Crippen molar-refractivity contribution in [2.45, 2.75) is 26.0 Å². The monoisotopic (exact) mass is 251 g/mol. The van der Waals surface area contributed by atoms with Crippen LogP contribution in [0.3, 0.4) is 0 Å². The van der Waals surface area contributed by atoms with E-state index < -0.39 is 6.10 Å². The summed E-state index contributed by atoms with van der Waals surface area (Å²) >= 11 is 0. The van der Waals surface area contributed by atoms with E-state index in [9.17, 15) is 9.90 Å². The fourth-order valence-corrected chi connectivity index (χ4v) is 1.86. The Morgan fingerprint density at radius 3 is 3.06 bits per heavy atom. The highest BCUT2D eigenvalue weighted by molar-refractivity contribution is 5.73. The molecule has 2 heterocycles. The van der Waals surface area contributed by atoms with Gasteiger partial charge in [-0.05, 0) is 12.5 Å². The molecule has 0 radical (unpaired) electrons. The normalized spacial score (nSPS) is 14.8. The van der Waals surface area contributed by atoms with Gasteiger partial charge in [0, 0.05) is 25.3 Å². The van der Waals surface area contributed by atoms with Crippen LogP contribution < -0.4 is 5.56 Å². The van der Waals surface area contributed by atoms with Gasteiger partial charge in [0.05, 0.1) is 17.9 Å². The summed E-state index contributed by atoms with van der Waals surface area (Å²) in [7, 11) is 0. The van der Waals surface area contributed by atoms with Gasteiger partial charge in [-0.25, -0.2) is 4.98 Å². The summed E-state index contributed by atoms with van der Waals surface area (Å²) in [6.45, 7) is 2.32. The van der Waals surface area contributed by atoms with E-state index in [2.05, 4.69) is 9.97 Å². The Kier molecular flexibility index (Phi) is 3.78. The van der Waals surface area contributed by atoms with Gasteiger partial charge in [-0.2, -0.15) is 0 Å². The second kappa shape index (κ2) is 5.32. The summed E-state index contributed by atoms with van der Waals surface area (Å²) in [5.41, 5.74) is 0.945. The highest BCUT2D eigenvalue weighted by Gasteiger charge is 2.14. The number of fused-ring (bicyclic) bond motifs is 1. The highest BCUT2D eigenvalue weighted by Crippen LogP contribution is 2.11. The Hall–Kier alpha value is -1.66. The van der Waals surface area contributed by atoms with Crippen LogP contribution in [0.5, 0.6) is 0 Å². The maximum absolute atomic E-state index is 11.5. The number of rotatable bonds is 5. The number of imidazole rings is 1. The van der Waals surface area contributed by atoms with Crippen molar-refractivity contribution in [3.8, 4) is 0 Å². The molecule has 0 aliphatic heterocycles. The Labute approximate surface area is 104 Å². The first-order chi connectivity index (χ1) is 8.63. The first-order valence-corrected chi connectivity index (χ1v) is 5.95. The first-order valence-electron chi connectivity index (χ1n) is 5.95. The summed E-state index contributed by atoms with van der Waals surface area (Å²) in [5, 5.41) is 18.7. The van der Waals surface area contributed by atoms with Gasteiger partial charge in [0.2, 0.25) is 0 Å². The molecule has 0 spiro atoms. The number of hydrogen-bond acceptors (Lipinski definition) is 4. The zero-order valence-electron chi connectivity index (χ0n) is 10.2. The third kappa shape index (κ3) is 2.44. The molecule has 0 aliphatic rings. The van der Waals surface area contributed by atoms with Gasteiger partial charge < -0.3 is 19.8 Å². The molecule has 1 unspecified atom stereocenters. The van der Waals surface area contributed by atoms with E-state index in [0.717, 1.165) is 5.52 Å². The molecule has 0 bridgehead atoms. The van der Waals surface area contributed by atoms with Gasteiger partial charge in [-0.15, -0.1) is 0 Å². The van der Waals surface area contributed by atoms with Crippen molar-refractivity contribution in [2.24, 2.45) is 5.92 Å². The smallest absolute Gasteiger partial charge is 0.276 e. The molecular formula is C12H17N3O3. The molecule has 3 N–H and O–H groups in total. The topological polar surface area (TPSA) is 91.1 Å². The molecule has 0 amide bonds. The summed E-state index contributed by atoms with van der Waals surface area (Å²) in [5.74, 6) is -0.150. The second-order valence-corrected chi connectivity index (χ2v) is 4.49. The predicted molar refractivity (Wildman–Crippen MR) is 67.2 cm³/mol. The lowest BCUT2D eigenvalue weighted by atomic mass is 10.0. The van der Waals surface area contributed by atoms with Gasteiger partial charge in [0.1, 0.15) is 0 Å². The van der Waals surface area contributed by atoms with E-state index in [-0.39, 0.29) is 18.1 Å². The summed E-state index contributed by atoms with van der Waals surface area (Å²) < 4.78 is 1.83. The molecule has 2 atom stereocenters. The van der Waals surface area contributed by atoms with Crippen LogP contribution in [0.1, 0.15) is 13.3 Å². The molecule has 0 fully saturated rings. The molecule has 6 nitrogen and oxygen atoms in total. The molecule has 6 heteroatoms. The van der Waals surface area contributed by atoms with Crippen LogP contribution >= 0.6 is 0 Å². The van der Waals surface area contributed by atoms with Gasteiger partial charge in [0.15, 0.2) is 5.52 Å². The van der Waals surface area contributed by atoms with Crippen molar-refractivity contribution < 1.29 is 10.2 Å². The minimum absolute atomic E-state index is 0.0362. The Morgan fingerprint density at radius 1 is 1.56 bits per heavy atom. The van der Waals surface area contributed by atoms with Crippen LogP contribution in [0.25, 0.3) is 11.0 Å². The maximum Gasteiger partial charge on any atom is 0.276 e. The molecule has 0 saturated heterocycles. The zero-order chi connectivity index (χ0) is 13.1. The Bertz CT molecular complexity index is 575. The molecule has 2 aromatic rings. The zero-order valence-corrected chi connectivity index (χ0v) is 10.2. The number of hydrogen-bond donors (Lipinski definition) is 3. The number of aryl methyl sites for hydroxylation is 1. The molecule has 2 aromatic heterocycles. The standard InChI is InChI=1S/C12H17N3O3/c1-8(6-16)10(17)3-5-15-7-14-11-9(15)2-4-13-12(11)18/h2,4,7-8,10,16-17H,3,5-6H2,1H3,(H,13,18)/t8?,10-/m1/s1. The van der Waals surface area contributed by atoms with E-state index >= 15 is 0 Å². The average Bonchev–Trinajstić information content (AvgIpc) is 2.79. The van der Waals surface area contributed by atoms with Crippen molar-refractivity contribution in [1.82, 2.24) is 14.5 Å². The number of nitrogens with one attached hydrogen (secondary N) is 1. The number of H-pyrrole nitrogens is 1. The van der Waals surface area contributed by atoms with E-state index in [0.29, 0.717) is 18.5 Å². The van der Waals surface area contributed by atoms with Crippen molar-refractivity contribution in [2.75, 3.05) is 6.61 Å². The molecule has 98 valence electrons. The Morgan fingerprint density at radius 2 is 2.33 bits per heavy atom. The van der Waals surface area contributed by atoms with Crippen molar-refractivity contribution in [3.63, 3.8) is 0 Å². The van der Waals surface area contributed by atoms with Crippen LogP contribution in [-0.4, -0.2) is 37.5 Å². The fourth-order valence-electron chi connectivity index (χ4n) is 1.86. The SMILES string of the molecule is CC(CO)[C@H](O)CCn1cnc2c(=O)[nH]ccc21. The minimum Gasteiger partial charge on any atom is -0.396 e. The molecule has 0 aliphatic carbocycles. The first kappa shape index (κ1) is 12.8. The second-order valence-electron chi connectivity index (χ2n) is 4.49. The van der Waals surface area contributed by atoms with Crippen LogP contribution in [0.4, 0.5) is 0 Å². The highest BCUT2D eigenvalue weighted by atomic mass is 16.3. The fraction of sp³-hybridized carbons (Fsp3) is 0.500. The van der Waals surface area contributed by atoms with E-state index in [1.165, 1.54) is 0 Å². The lowest BCUT2D eigenvalue weighted by Crippen LogP contribution is -2.22. The van der Waals surface area contributed by atoms with E-state index in [1.807, 2.05) is 4.57 Å². The quantitative estimate of drug-likeness (QED) is 0.703. The van der Waals surface area contributed by atoms with E-state index in [4.69, 9.17) is 5.11 Å². The number of aliphatic hydroxyl groups excluding tert-OH is 2. The summed E-state index contributed by atoms with van der Waals surface area (Å²) in [4.78, 5) is 18.1. The number of pyridine rings is 1. The van der Waals surface area contributed by atoms with Crippen molar-refractivity contribution in [1.29, 1.82) is 0 Å². The average molecular weight is 251 g/mol. The van der Waals surface area contributed by atoms with Crippen LogP contribution in [0.15, 0.2) is 23.4 Å². The summed E-state index contributed by atoms with van der Waals surface area (Å²) in [6, 6.07) is 1.78. The number of aliphatic hydroxyl groups is 2. The maximum atomic E-state index is 11.5. The van der Waals surface area contributed by atoms with Gasteiger partial charge in [0.25, 0.3) is 5.56 Å². The molecule has 0 aromatic carbocycles. The third-order valence-corrected chi connectivity index (χ3v) is 3.16. The molecule has 2 rings (SSSR count). The minimum atomic E-state index is -0.561. The molecule has 18 heavy (non-hydrogen) atoms. The largest absolute Gasteiger partial charge is 0.396 e. The van der Waals surface area contributed by atoms with Crippen LogP contribution in [0.2, 0.25) is 0 Å². The number of aromatic nitrogens is 3. The van der Waals surface area contributed by atoms with Crippen LogP contribution in [-0.2, 0) is 6.54 Å². The lowest BCUT2D eigenvalue weighted by Gasteiger charge is -2.16. The number of aromatic amines is 1. The summed E-state index contributed by atoms with van der Waals surface area (Å²) in [6.07, 6.45) is 3.13. The van der Waals surface area contributed by atoms with Crippen LogP contribution in [0, 0.1) is 5.92 Å². The van der Waals surface area contributed by atoms with Gasteiger partial charge in [-0.1, -0.05) is 6.92 Å².